The van der Waals surface area contributed by atoms with Gasteiger partial charge in [-0.05, 0) is 11.6 Å². The molecule has 1 rings (SSSR count). The molecule has 18 heavy (non-hydrogen) atoms. The Hall–Kier alpha value is -1.45. The highest BCUT2D eigenvalue weighted by molar-refractivity contribution is 6.38. The summed E-state index contributed by atoms with van der Waals surface area (Å²) >= 11 is 16.4. The van der Waals surface area contributed by atoms with Crippen LogP contribution in [-0.2, 0) is 0 Å². The van der Waals surface area contributed by atoms with E-state index in [-0.39, 0.29) is 0 Å². The van der Waals surface area contributed by atoms with Gasteiger partial charge in [-0.1, -0.05) is 23.2 Å². The average Bonchev–Trinajstić information content (AvgIpc) is 2.14. The Bertz CT molecular complexity index is 529. The molecule has 0 aromatic heterocycles. The number of halogens is 3. The first kappa shape index (κ1) is 14.6. The van der Waals surface area contributed by atoms with Gasteiger partial charge in [0.2, 0.25) is 5.03 Å². The lowest BCUT2D eigenvalue weighted by molar-refractivity contribution is -0.573. The van der Waals surface area contributed by atoms with E-state index >= 15 is 0 Å². The van der Waals surface area contributed by atoms with Crippen LogP contribution >= 0.6 is 34.8 Å². The number of nitro groups is 3. The van der Waals surface area contributed by atoms with E-state index in [1.54, 1.807) is 0 Å². The first-order valence-corrected chi connectivity index (χ1v) is 5.17. The van der Waals surface area contributed by atoms with Crippen LogP contribution in [0.1, 0.15) is 6.42 Å². The number of alkyl halides is 1. The zero-order valence-corrected chi connectivity index (χ0v) is 10.4. The van der Waals surface area contributed by atoms with Gasteiger partial charge in [0.05, 0.1) is 21.2 Å². The molecule has 0 fully saturated rings. The van der Waals surface area contributed by atoms with Gasteiger partial charge in [-0.3, -0.25) is 30.3 Å². The number of allylic oxidation sites excluding steroid dienone is 1. The Morgan fingerprint density at radius 1 is 1.06 bits per heavy atom. The molecule has 0 amide bonds. The lowest BCUT2D eigenvalue weighted by Crippen LogP contribution is -2.40. The number of rotatable bonds is 3. The predicted octanol–water partition coefficient (Wildman–Crippen LogP) is 2.06. The number of nitrogens with zero attached hydrogens (tertiary/aromatic N) is 3. The van der Waals surface area contributed by atoms with Gasteiger partial charge in [0, 0.05) is 0 Å². The van der Waals surface area contributed by atoms with Crippen LogP contribution in [0.3, 0.4) is 0 Å². The SMILES string of the molecule is O=[N+]([O-])C1=C(Cl)CC(Cl)([N+](=O)[O-])C([N+](=O)[O-])=C1Cl. The Balaban J connectivity index is 3.61. The summed E-state index contributed by atoms with van der Waals surface area (Å²) in [4.78, 5) is 26.0. The quantitative estimate of drug-likeness (QED) is 0.339. The van der Waals surface area contributed by atoms with Gasteiger partial charge in [-0.15, -0.1) is 0 Å². The first-order valence-electron chi connectivity index (χ1n) is 4.04. The van der Waals surface area contributed by atoms with E-state index in [0.717, 1.165) is 0 Å². The van der Waals surface area contributed by atoms with E-state index in [2.05, 4.69) is 0 Å². The maximum Gasteiger partial charge on any atom is 0.390 e. The fourth-order valence-electron chi connectivity index (χ4n) is 1.32. The van der Waals surface area contributed by atoms with Crippen LogP contribution in [0, 0.1) is 30.3 Å². The molecule has 0 aromatic rings. The maximum absolute atomic E-state index is 10.8. The topological polar surface area (TPSA) is 129 Å². The van der Waals surface area contributed by atoms with Crippen molar-refractivity contribution in [3.63, 3.8) is 0 Å². The molecule has 1 atom stereocenters. The van der Waals surface area contributed by atoms with Crippen molar-refractivity contribution in [2.24, 2.45) is 0 Å². The van der Waals surface area contributed by atoms with Gasteiger partial charge in [-0.25, -0.2) is 0 Å². The molecule has 12 heteroatoms. The van der Waals surface area contributed by atoms with Crippen molar-refractivity contribution in [3.05, 3.63) is 51.8 Å². The maximum atomic E-state index is 10.8. The molecule has 0 saturated heterocycles. The summed E-state index contributed by atoms with van der Waals surface area (Å²) in [5, 5.41) is 30.5. The second kappa shape index (κ2) is 4.67. The highest BCUT2D eigenvalue weighted by Crippen LogP contribution is 2.45. The third kappa shape index (κ3) is 2.11. The highest BCUT2D eigenvalue weighted by atomic mass is 35.5. The summed E-state index contributed by atoms with van der Waals surface area (Å²) in [5.41, 5.74) is -2.23. The van der Waals surface area contributed by atoms with E-state index in [1.807, 2.05) is 0 Å². The van der Waals surface area contributed by atoms with Crippen molar-refractivity contribution in [1.29, 1.82) is 0 Å². The molecule has 0 aliphatic heterocycles. The van der Waals surface area contributed by atoms with Crippen LogP contribution in [0.4, 0.5) is 0 Å². The highest BCUT2D eigenvalue weighted by Gasteiger charge is 2.61. The van der Waals surface area contributed by atoms with Gasteiger partial charge >= 0.3 is 16.4 Å². The molecule has 1 aliphatic rings. The smallest absolute Gasteiger partial charge is 0.262 e. The third-order valence-corrected chi connectivity index (χ3v) is 3.20. The monoisotopic (exact) mass is 317 g/mol. The summed E-state index contributed by atoms with van der Waals surface area (Å²) in [6.07, 6.45) is -0.897. The zero-order valence-electron chi connectivity index (χ0n) is 8.13. The van der Waals surface area contributed by atoms with E-state index in [0.29, 0.717) is 0 Å². The molecule has 9 nitrogen and oxygen atoms in total. The van der Waals surface area contributed by atoms with Crippen LogP contribution < -0.4 is 0 Å². The second-order valence-corrected chi connectivity index (χ2v) is 4.58. The van der Waals surface area contributed by atoms with Crippen LogP contribution in [-0.4, -0.2) is 19.8 Å². The summed E-state index contributed by atoms with van der Waals surface area (Å²) in [5.74, 6) is 0. The van der Waals surface area contributed by atoms with Gasteiger partial charge in [-0.2, -0.15) is 0 Å². The van der Waals surface area contributed by atoms with Crippen LogP contribution in [0.5, 0.6) is 0 Å². The van der Waals surface area contributed by atoms with Gasteiger partial charge in [0.25, 0.3) is 0 Å². The van der Waals surface area contributed by atoms with Crippen LogP contribution in [0.25, 0.3) is 0 Å². The van der Waals surface area contributed by atoms with Crippen molar-refractivity contribution in [2.75, 3.05) is 0 Å². The molecule has 0 radical (unpaired) electrons. The zero-order chi connectivity index (χ0) is 14.2. The average molecular weight is 318 g/mol. The standard InChI is InChI=1S/C6H2Cl3N3O6/c7-2-1-6(9,12(17)18)5(11(15)16)3(8)4(2)10(13)14/h1H2. The van der Waals surface area contributed by atoms with E-state index in [1.165, 1.54) is 0 Å². The summed E-state index contributed by atoms with van der Waals surface area (Å²) < 4.78 is 0. The van der Waals surface area contributed by atoms with Crippen molar-refractivity contribution in [2.45, 2.75) is 11.4 Å². The normalized spacial score (nSPS) is 24.2. The van der Waals surface area contributed by atoms with Crippen molar-refractivity contribution in [1.82, 2.24) is 0 Å². The molecule has 98 valence electrons. The van der Waals surface area contributed by atoms with Gasteiger partial charge in [0.15, 0.2) is 0 Å². The fraction of sp³-hybridized carbons (Fsp3) is 0.333. The molecule has 1 unspecified atom stereocenters. The molecule has 0 heterocycles. The van der Waals surface area contributed by atoms with E-state index in [4.69, 9.17) is 34.8 Å². The third-order valence-electron chi connectivity index (χ3n) is 2.08. The lowest BCUT2D eigenvalue weighted by atomic mass is 10.0. The number of hydrogen-bond acceptors (Lipinski definition) is 6. The Labute approximate surface area is 113 Å². The predicted molar refractivity (Wildman–Crippen MR) is 59.9 cm³/mol. The Morgan fingerprint density at radius 3 is 1.89 bits per heavy atom. The van der Waals surface area contributed by atoms with Crippen molar-refractivity contribution in [3.8, 4) is 0 Å². The van der Waals surface area contributed by atoms with E-state index in [9.17, 15) is 30.3 Å². The van der Waals surface area contributed by atoms with Crippen molar-refractivity contribution < 1.29 is 14.8 Å². The molecule has 0 aromatic carbocycles. The molecule has 1 aliphatic carbocycles. The molecule has 0 N–H and O–H groups in total. The number of hydrogen-bond donors (Lipinski definition) is 0. The molecule has 0 spiro atoms. The minimum atomic E-state index is -2.73. The lowest BCUT2D eigenvalue weighted by Gasteiger charge is -2.19. The first-order chi connectivity index (χ1) is 8.12. The minimum Gasteiger partial charge on any atom is -0.262 e. The van der Waals surface area contributed by atoms with Gasteiger partial charge < -0.3 is 0 Å². The molecular formula is C6H2Cl3N3O6. The Kier molecular flexibility index (Phi) is 3.79. The second-order valence-electron chi connectivity index (χ2n) is 3.12. The minimum absolute atomic E-state index is 0.623. The molecular weight excluding hydrogens is 316 g/mol. The van der Waals surface area contributed by atoms with Crippen LogP contribution in [0.2, 0.25) is 0 Å². The molecule has 0 saturated carbocycles. The molecule has 0 bridgehead atoms. The summed E-state index contributed by atoms with van der Waals surface area (Å²) in [7, 11) is 0. The van der Waals surface area contributed by atoms with Crippen molar-refractivity contribution >= 4 is 34.8 Å². The van der Waals surface area contributed by atoms with E-state index < -0.39 is 47.6 Å². The Morgan fingerprint density at radius 2 is 1.56 bits per heavy atom. The van der Waals surface area contributed by atoms with Gasteiger partial charge in [0.1, 0.15) is 5.03 Å². The van der Waals surface area contributed by atoms with Crippen LogP contribution in [0.15, 0.2) is 21.5 Å². The summed E-state index contributed by atoms with van der Waals surface area (Å²) in [6, 6.07) is 0. The fourth-order valence-corrected chi connectivity index (χ4v) is 2.55. The largest absolute Gasteiger partial charge is 0.390 e. The summed E-state index contributed by atoms with van der Waals surface area (Å²) in [6.45, 7) is 0.